The van der Waals surface area contributed by atoms with Crippen LogP contribution in [0.3, 0.4) is 0 Å². The van der Waals surface area contributed by atoms with Gasteiger partial charge in [0, 0.05) is 27.6 Å². The molecule has 0 unspecified atom stereocenters. The van der Waals surface area contributed by atoms with E-state index in [1.54, 1.807) is 0 Å². The molecule has 0 bridgehead atoms. The highest BCUT2D eigenvalue weighted by Crippen LogP contribution is 2.37. The highest BCUT2D eigenvalue weighted by Gasteiger charge is 2.23. The van der Waals surface area contributed by atoms with Crippen molar-refractivity contribution in [2.75, 3.05) is 0 Å². The maximum absolute atomic E-state index is 9.89. The second-order valence-corrected chi connectivity index (χ2v) is 6.48. The van der Waals surface area contributed by atoms with E-state index in [2.05, 4.69) is 37.6 Å². The second-order valence-electron chi connectivity index (χ2n) is 5.63. The molecule has 0 spiro atoms. The van der Waals surface area contributed by atoms with Crippen molar-refractivity contribution in [2.24, 2.45) is 0 Å². The van der Waals surface area contributed by atoms with E-state index >= 15 is 0 Å². The predicted octanol–water partition coefficient (Wildman–Crippen LogP) is 4.74. The van der Waals surface area contributed by atoms with Crippen LogP contribution in [0.2, 0.25) is 0 Å². The SMILES string of the molecule is [C-]#[N+]c1cc2c(Br)cn([C@@H]3CCC[C@H](O)C3)c2cc1C. The summed E-state index contributed by atoms with van der Waals surface area (Å²) in [7, 11) is 0. The number of aliphatic hydroxyl groups excluding tert-OH is 1. The summed E-state index contributed by atoms with van der Waals surface area (Å²) in [5.41, 5.74) is 2.87. The Morgan fingerprint density at radius 2 is 2.20 bits per heavy atom. The summed E-state index contributed by atoms with van der Waals surface area (Å²) in [5, 5.41) is 11.0. The molecule has 1 N–H and O–H groups in total. The first kappa shape index (κ1) is 13.7. The van der Waals surface area contributed by atoms with Crippen molar-refractivity contribution in [1.82, 2.24) is 4.57 Å². The molecule has 1 fully saturated rings. The number of hydrogen-bond acceptors (Lipinski definition) is 1. The van der Waals surface area contributed by atoms with Crippen LogP contribution in [-0.2, 0) is 0 Å². The first-order chi connectivity index (χ1) is 9.60. The number of aromatic nitrogens is 1. The van der Waals surface area contributed by atoms with Gasteiger partial charge in [-0.1, -0.05) is 0 Å². The van der Waals surface area contributed by atoms with Gasteiger partial charge in [-0.05, 0) is 66.2 Å². The number of halogens is 1. The van der Waals surface area contributed by atoms with Crippen molar-refractivity contribution in [3.8, 4) is 0 Å². The van der Waals surface area contributed by atoms with Crippen LogP contribution in [0.25, 0.3) is 15.7 Å². The Balaban J connectivity index is 2.12. The van der Waals surface area contributed by atoms with E-state index < -0.39 is 0 Å². The van der Waals surface area contributed by atoms with Crippen molar-refractivity contribution < 1.29 is 5.11 Å². The molecule has 3 nitrogen and oxygen atoms in total. The minimum absolute atomic E-state index is 0.186. The van der Waals surface area contributed by atoms with Crippen LogP contribution in [0, 0.1) is 13.5 Å². The molecule has 0 aliphatic heterocycles. The van der Waals surface area contributed by atoms with Crippen LogP contribution in [-0.4, -0.2) is 15.8 Å². The average molecular weight is 333 g/mol. The molecule has 1 aromatic heterocycles. The van der Waals surface area contributed by atoms with Gasteiger partial charge in [0.15, 0.2) is 5.69 Å². The molecule has 2 aromatic rings. The molecule has 20 heavy (non-hydrogen) atoms. The van der Waals surface area contributed by atoms with E-state index in [9.17, 15) is 5.11 Å². The number of aryl methyl sites for hydroxylation is 1. The highest BCUT2D eigenvalue weighted by atomic mass is 79.9. The van der Waals surface area contributed by atoms with Crippen LogP contribution < -0.4 is 0 Å². The van der Waals surface area contributed by atoms with Gasteiger partial charge in [0.1, 0.15) is 0 Å². The Kier molecular flexibility index (Phi) is 3.57. The van der Waals surface area contributed by atoms with Crippen LogP contribution in [0.4, 0.5) is 5.69 Å². The lowest BCUT2D eigenvalue weighted by molar-refractivity contribution is 0.105. The van der Waals surface area contributed by atoms with E-state index in [1.807, 2.05) is 13.0 Å². The Morgan fingerprint density at radius 3 is 2.90 bits per heavy atom. The standard InChI is InChI=1S/C16H17BrN2O/c1-10-6-16-13(8-15(10)18-2)14(17)9-19(16)11-4-3-5-12(20)7-11/h6,8-9,11-12,20H,3-5,7H2,1H3/t11-,12+/m1/s1. The van der Waals surface area contributed by atoms with Gasteiger partial charge in [-0.15, -0.1) is 0 Å². The average Bonchev–Trinajstić information content (AvgIpc) is 2.74. The highest BCUT2D eigenvalue weighted by molar-refractivity contribution is 9.10. The molecule has 1 heterocycles. The molecule has 1 aliphatic rings. The predicted molar refractivity (Wildman–Crippen MR) is 84.1 cm³/mol. The van der Waals surface area contributed by atoms with Crippen LogP contribution in [0.1, 0.15) is 37.3 Å². The molecule has 0 saturated heterocycles. The zero-order valence-electron chi connectivity index (χ0n) is 11.4. The van der Waals surface area contributed by atoms with Gasteiger partial charge < -0.3 is 9.67 Å². The largest absolute Gasteiger partial charge is 0.393 e. The first-order valence-corrected chi connectivity index (χ1v) is 7.75. The second kappa shape index (κ2) is 5.23. The molecule has 0 amide bonds. The summed E-state index contributed by atoms with van der Waals surface area (Å²) < 4.78 is 3.29. The third kappa shape index (κ3) is 2.25. The maximum atomic E-state index is 9.89. The van der Waals surface area contributed by atoms with Gasteiger partial charge in [0.2, 0.25) is 0 Å². The van der Waals surface area contributed by atoms with Gasteiger partial charge in [-0.3, -0.25) is 0 Å². The van der Waals surface area contributed by atoms with Crippen LogP contribution >= 0.6 is 15.9 Å². The van der Waals surface area contributed by atoms with E-state index in [1.165, 1.54) is 0 Å². The van der Waals surface area contributed by atoms with E-state index in [-0.39, 0.29) is 6.10 Å². The van der Waals surface area contributed by atoms with Gasteiger partial charge >= 0.3 is 0 Å². The summed E-state index contributed by atoms with van der Waals surface area (Å²) in [6, 6.07) is 4.40. The van der Waals surface area contributed by atoms with E-state index in [0.29, 0.717) is 11.7 Å². The van der Waals surface area contributed by atoms with Gasteiger partial charge in [-0.2, -0.15) is 0 Å². The van der Waals surface area contributed by atoms with Gasteiger partial charge in [0.25, 0.3) is 0 Å². The summed E-state index contributed by atoms with van der Waals surface area (Å²) in [5.74, 6) is 0. The number of fused-ring (bicyclic) bond motifs is 1. The first-order valence-electron chi connectivity index (χ1n) is 6.96. The monoisotopic (exact) mass is 332 g/mol. The summed E-state index contributed by atoms with van der Waals surface area (Å²) in [6.07, 6.45) is 5.82. The lowest BCUT2D eigenvalue weighted by atomic mass is 9.93. The van der Waals surface area contributed by atoms with Crippen molar-refractivity contribution in [3.63, 3.8) is 0 Å². The summed E-state index contributed by atoms with van der Waals surface area (Å²) in [6.45, 7) is 9.21. The Labute approximate surface area is 127 Å². The molecular weight excluding hydrogens is 316 g/mol. The Hall–Kier alpha value is -1.31. The van der Waals surface area contributed by atoms with Crippen LogP contribution in [0.15, 0.2) is 22.8 Å². The van der Waals surface area contributed by atoms with Gasteiger partial charge in [-0.25, -0.2) is 4.85 Å². The molecular formula is C16H17BrN2O. The topological polar surface area (TPSA) is 29.5 Å². The van der Waals surface area contributed by atoms with E-state index in [4.69, 9.17) is 6.57 Å². The molecule has 0 radical (unpaired) electrons. The number of rotatable bonds is 1. The molecule has 4 heteroatoms. The Morgan fingerprint density at radius 1 is 1.40 bits per heavy atom. The molecule has 1 aromatic carbocycles. The van der Waals surface area contributed by atoms with Crippen molar-refractivity contribution >= 4 is 32.5 Å². The number of aliphatic hydroxyl groups is 1. The minimum atomic E-state index is -0.186. The number of nitrogens with zero attached hydrogens (tertiary/aromatic N) is 2. The molecule has 3 rings (SSSR count). The summed E-state index contributed by atoms with van der Waals surface area (Å²) >= 11 is 3.60. The fourth-order valence-electron chi connectivity index (χ4n) is 3.16. The van der Waals surface area contributed by atoms with Crippen LogP contribution in [0.5, 0.6) is 0 Å². The maximum Gasteiger partial charge on any atom is 0.190 e. The van der Waals surface area contributed by atoms with Crippen molar-refractivity contribution in [3.05, 3.63) is 39.8 Å². The fraction of sp³-hybridized carbons (Fsp3) is 0.438. The lowest BCUT2D eigenvalue weighted by Crippen LogP contribution is -2.21. The third-order valence-electron chi connectivity index (χ3n) is 4.23. The lowest BCUT2D eigenvalue weighted by Gasteiger charge is -2.28. The third-order valence-corrected chi connectivity index (χ3v) is 4.87. The number of hydrogen-bond donors (Lipinski definition) is 1. The van der Waals surface area contributed by atoms with Crippen molar-refractivity contribution in [1.29, 1.82) is 0 Å². The minimum Gasteiger partial charge on any atom is -0.393 e. The van der Waals surface area contributed by atoms with E-state index in [0.717, 1.165) is 46.6 Å². The zero-order chi connectivity index (χ0) is 14.3. The van der Waals surface area contributed by atoms with Crippen molar-refractivity contribution in [2.45, 2.75) is 44.8 Å². The molecule has 1 aliphatic carbocycles. The van der Waals surface area contributed by atoms with Gasteiger partial charge in [0.05, 0.1) is 12.7 Å². The Bertz CT molecular complexity index is 699. The zero-order valence-corrected chi connectivity index (χ0v) is 13.0. The molecule has 1 saturated carbocycles. The smallest absolute Gasteiger partial charge is 0.190 e. The summed E-state index contributed by atoms with van der Waals surface area (Å²) in [4.78, 5) is 3.58. The normalized spacial score (nSPS) is 22.9. The number of benzene rings is 1. The molecule has 2 atom stereocenters. The fourth-order valence-corrected chi connectivity index (χ4v) is 3.70. The quantitative estimate of drug-likeness (QED) is 0.751. The molecule has 104 valence electrons.